The largest absolute Gasteiger partial charge is 0.460 e. The highest BCUT2D eigenvalue weighted by molar-refractivity contribution is 5.79. The van der Waals surface area contributed by atoms with Gasteiger partial charge in [-0.3, -0.25) is 9.59 Å². The number of amides is 1. The summed E-state index contributed by atoms with van der Waals surface area (Å²) in [6, 6.07) is 0. The van der Waals surface area contributed by atoms with Gasteiger partial charge >= 0.3 is 5.97 Å². The molecule has 2 N–H and O–H groups in total. The Morgan fingerprint density at radius 3 is 1.85 bits per heavy atom. The molecule has 0 radical (unpaired) electrons. The van der Waals surface area contributed by atoms with Crippen molar-refractivity contribution in [3.63, 3.8) is 0 Å². The van der Waals surface area contributed by atoms with Gasteiger partial charge in [-0.2, -0.15) is 0 Å². The first-order valence-electron chi connectivity index (χ1n) is 7.46. The van der Waals surface area contributed by atoms with Gasteiger partial charge < -0.3 is 10.5 Å². The zero-order valence-corrected chi connectivity index (χ0v) is 14.0. The molecule has 0 rings (SSSR count). The molecule has 1 amide bonds. The van der Waals surface area contributed by atoms with Crippen LogP contribution < -0.4 is 5.73 Å². The number of carbonyl (C=O) groups excluding carboxylic acids is 2. The van der Waals surface area contributed by atoms with Crippen molar-refractivity contribution < 1.29 is 14.3 Å². The summed E-state index contributed by atoms with van der Waals surface area (Å²) >= 11 is 0. The van der Waals surface area contributed by atoms with Crippen LogP contribution in [0, 0.1) is 23.7 Å². The summed E-state index contributed by atoms with van der Waals surface area (Å²) < 4.78 is 5.47. The minimum Gasteiger partial charge on any atom is -0.460 e. The fraction of sp³-hybridized carbons (Fsp3) is 0.875. The van der Waals surface area contributed by atoms with Gasteiger partial charge in [0.25, 0.3) is 0 Å². The molecule has 0 spiro atoms. The minimum atomic E-state index is -0.508. The summed E-state index contributed by atoms with van der Waals surface area (Å²) in [5.74, 6) is -0.617. The predicted octanol–water partition coefficient (Wildman–Crippen LogP) is 3.14. The molecule has 0 saturated heterocycles. The molecule has 20 heavy (non-hydrogen) atoms. The molecular weight excluding hydrogens is 254 g/mol. The number of carbonyl (C=O) groups is 2. The van der Waals surface area contributed by atoms with Gasteiger partial charge in [-0.05, 0) is 45.4 Å². The third kappa shape index (κ3) is 7.51. The third-order valence-electron chi connectivity index (χ3n) is 3.20. The molecule has 0 bridgehead atoms. The fourth-order valence-corrected chi connectivity index (χ4v) is 2.27. The second kappa shape index (κ2) is 7.65. The SMILES string of the molecule is CC(C)CC(CC(C(N)=O)C(C)C)C(=O)OC(C)(C)C. The third-order valence-corrected chi connectivity index (χ3v) is 3.20. The Kier molecular flexibility index (Phi) is 7.25. The average Bonchev–Trinajstić information content (AvgIpc) is 2.19. The van der Waals surface area contributed by atoms with Gasteiger partial charge in [0.1, 0.15) is 5.60 Å². The van der Waals surface area contributed by atoms with E-state index >= 15 is 0 Å². The molecule has 0 fully saturated rings. The summed E-state index contributed by atoms with van der Waals surface area (Å²) in [7, 11) is 0. The van der Waals surface area contributed by atoms with Gasteiger partial charge in [-0.25, -0.2) is 0 Å². The van der Waals surface area contributed by atoms with E-state index in [-0.39, 0.29) is 29.6 Å². The van der Waals surface area contributed by atoms with Crippen LogP contribution in [0.2, 0.25) is 0 Å². The minimum absolute atomic E-state index is 0.129. The van der Waals surface area contributed by atoms with Gasteiger partial charge in [0.05, 0.1) is 5.92 Å². The Morgan fingerprint density at radius 2 is 1.55 bits per heavy atom. The Bertz CT molecular complexity index is 329. The monoisotopic (exact) mass is 285 g/mol. The van der Waals surface area contributed by atoms with Crippen LogP contribution in [0.15, 0.2) is 0 Å². The van der Waals surface area contributed by atoms with Crippen molar-refractivity contribution in [3.8, 4) is 0 Å². The van der Waals surface area contributed by atoms with Crippen molar-refractivity contribution in [2.24, 2.45) is 29.4 Å². The first-order chi connectivity index (χ1) is 8.94. The number of rotatable bonds is 7. The normalized spacial score (nSPS) is 15.2. The maximum absolute atomic E-state index is 12.3. The summed E-state index contributed by atoms with van der Waals surface area (Å²) in [6.07, 6.45) is 1.19. The number of primary amides is 1. The molecule has 4 nitrogen and oxygen atoms in total. The van der Waals surface area contributed by atoms with E-state index in [4.69, 9.17) is 10.5 Å². The van der Waals surface area contributed by atoms with E-state index in [0.717, 1.165) is 0 Å². The van der Waals surface area contributed by atoms with E-state index in [0.29, 0.717) is 18.8 Å². The lowest BCUT2D eigenvalue weighted by atomic mass is 9.82. The van der Waals surface area contributed by atoms with Gasteiger partial charge in [0.2, 0.25) is 5.91 Å². The second-order valence-corrected chi connectivity index (χ2v) is 7.35. The van der Waals surface area contributed by atoms with Gasteiger partial charge in [0.15, 0.2) is 0 Å². The summed E-state index contributed by atoms with van der Waals surface area (Å²) in [5.41, 5.74) is 4.95. The number of esters is 1. The van der Waals surface area contributed by atoms with Gasteiger partial charge in [0, 0.05) is 5.92 Å². The van der Waals surface area contributed by atoms with E-state index < -0.39 is 5.60 Å². The average molecular weight is 285 g/mol. The molecule has 0 aromatic rings. The van der Waals surface area contributed by atoms with Crippen molar-refractivity contribution >= 4 is 11.9 Å². The first-order valence-corrected chi connectivity index (χ1v) is 7.46. The van der Waals surface area contributed by atoms with Crippen LogP contribution in [0.3, 0.4) is 0 Å². The van der Waals surface area contributed by atoms with Gasteiger partial charge in [-0.1, -0.05) is 27.7 Å². The predicted molar refractivity (Wildman–Crippen MR) is 80.9 cm³/mol. The molecule has 0 aromatic carbocycles. The van der Waals surface area contributed by atoms with Gasteiger partial charge in [-0.15, -0.1) is 0 Å². The Hall–Kier alpha value is -1.06. The van der Waals surface area contributed by atoms with Crippen LogP contribution in [0.1, 0.15) is 61.3 Å². The molecule has 2 unspecified atom stereocenters. The zero-order valence-electron chi connectivity index (χ0n) is 14.0. The van der Waals surface area contributed by atoms with Crippen molar-refractivity contribution in [2.75, 3.05) is 0 Å². The van der Waals surface area contributed by atoms with E-state index in [2.05, 4.69) is 13.8 Å². The van der Waals surface area contributed by atoms with Crippen LogP contribution in [-0.2, 0) is 14.3 Å². The lowest BCUT2D eigenvalue weighted by Crippen LogP contribution is -2.35. The highest BCUT2D eigenvalue weighted by Crippen LogP contribution is 2.27. The topological polar surface area (TPSA) is 69.4 Å². The van der Waals surface area contributed by atoms with Crippen molar-refractivity contribution in [1.82, 2.24) is 0 Å². The number of nitrogens with two attached hydrogens (primary N) is 1. The molecule has 4 heteroatoms. The zero-order chi connectivity index (χ0) is 16.1. The maximum Gasteiger partial charge on any atom is 0.309 e. The maximum atomic E-state index is 12.3. The second-order valence-electron chi connectivity index (χ2n) is 7.35. The van der Waals surface area contributed by atoms with E-state index in [1.165, 1.54) is 0 Å². The molecule has 118 valence electrons. The van der Waals surface area contributed by atoms with Crippen LogP contribution in [0.4, 0.5) is 0 Å². The quantitative estimate of drug-likeness (QED) is 0.731. The Morgan fingerprint density at radius 1 is 1.05 bits per heavy atom. The van der Waals surface area contributed by atoms with Crippen molar-refractivity contribution in [2.45, 2.75) is 66.9 Å². The smallest absolute Gasteiger partial charge is 0.309 e. The first kappa shape index (κ1) is 18.9. The van der Waals surface area contributed by atoms with E-state index in [1.54, 1.807) is 0 Å². The number of hydrogen-bond donors (Lipinski definition) is 1. The van der Waals surface area contributed by atoms with Crippen LogP contribution >= 0.6 is 0 Å². The lowest BCUT2D eigenvalue weighted by molar-refractivity contribution is -0.161. The van der Waals surface area contributed by atoms with Crippen molar-refractivity contribution in [3.05, 3.63) is 0 Å². The molecule has 0 saturated carbocycles. The Labute approximate surface area is 123 Å². The Balaban J connectivity index is 4.96. The van der Waals surface area contributed by atoms with Crippen LogP contribution in [0.25, 0.3) is 0 Å². The molecular formula is C16H31NO3. The highest BCUT2D eigenvalue weighted by Gasteiger charge is 2.31. The number of hydrogen-bond acceptors (Lipinski definition) is 3. The lowest BCUT2D eigenvalue weighted by Gasteiger charge is -2.27. The number of ether oxygens (including phenoxy) is 1. The summed E-state index contributed by atoms with van der Waals surface area (Å²) in [4.78, 5) is 23.8. The van der Waals surface area contributed by atoms with Crippen molar-refractivity contribution in [1.29, 1.82) is 0 Å². The molecule has 0 aliphatic heterocycles. The molecule has 2 atom stereocenters. The van der Waals surface area contributed by atoms with E-state index in [1.807, 2.05) is 34.6 Å². The van der Waals surface area contributed by atoms with Crippen LogP contribution in [-0.4, -0.2) is 17.5 Å². The highest BCUT2D eigenvalue weighted by atomic mass is 16.6. The molecule has 0 heterocycles. The van der Waals surface area contributed by atoms with E-state index in [9.17, 15) is 9.59 Å². The molecule has 0 aromatic heterocycles. The molecule has 0 aliphatic carbocycles. The standard InChI is InChI=1S/C16H31NO3/c1-10(2)8-12(15(19)20-16(5,6)7)9-13(11(3)4)14(17)18/h10-13H,8-9H2,1-7H3,(H2,17,18). The fourth-order valence-electron chi connectivity index (χ4n) is 2.27. The summed E-state index contributed by atoms with van der Waals surface area (Å²) in [6.45, 7) is 13.6. The molecule has 0 aliphatic rings. The summed E-state index contributed by atoms with van der Waals surface area (Å²) in [5, 5.41) is 0. The van der Waals surface area contributed by atoms with Crippen LogP contribution in [0.5, 0.6) is 0 Å².